The van der Waals surface area contributed by atoms with Gasteiger partial charge in [-0.1, -0.05) is 12.1 Å². The standard InChI is InChI=1S/C17H13N7O/c25-17(15-6-2-7-16(22-15)23-11-18-19-12-23)21-13-4-1-5-14(10-13)24-9-3-8-20-24/h1-12H,(H,21,25). The lowest BCUT2D eigenvalue weighted by molar-refractivity contribution is 0.102. The molecule has 0 fully saturated rings. The van der Waals surface area contributed by atoms with Crippen LogP contribution in [0.4, 0.5) is 5.69 Å². The molecule has 0 saturated heterocycles. The number of aromatic nitrogens is 6. The molecule has 0 unspecified atom stereocenters. The van der Waals surface area contributed by atoms with Crippen LogP contribution in [0, 0.1) is 0 Å². The zero-order chi connectivity index (χ0) is 17.1. The van der Waals surface area contributed by atoms with E-state index in [-0.39, 0.29) is 5.91 Å². The van der Waals surface area contributed by atoms with Gasteiger partial charge in [0.05, 0.1) is 5.69 Å². The summed E-state index contributed by atoms with van der Waals surface area (Å²) in [5.41, 5.74) is 1.82. The third-order valence-corrected chi connectivity index (χ3v) is 3.52. The van der Waals surface area contributed by atoms with Crippen LogP contribution >= 0.6 is 0 Å². The van der Waals surface area contributed by atoms with Gasteiger partial charge < -0.3 is 5.32 Å². The number of amides is 1. The maximum absolute atomic E-state index is 12.5. The first-order valence-electron chi connectivity index (χ1n) is 7.53. The minimum absolute atomic E-state index is 0.299. The van der Waals surface area contributed by atoms with Crippen molar-refractivity contribution in [2.75, 3.05) is 5.32 Å². The first-order chi connectivity index (χ1) is 12.3. The monoisotopic (exact) mass is 331 g/mol. The Morgan fingerprint density at radius 1 is 1.00 bits per heavy atom. The number of carbonyl (C=O) groups is 1. The van der Waals surface area contributed by atoms with Crippen LogP contribution in [0.25, 0.3) is 11.5 Å². The fourth-order valence-corrected chi connectivity index (χ4v) is 2.36. The van der Waals surface area contributed by atoms with Gasteiger partial charge in [0.2, 0.25) is 0 Å². The molecule has 0 spiro atoms. The summed E-state index contributed by atoms with van der Waals surface area (Å²) in [6.07, 6.45) is 6.59. The highest BCUT2D eigenvalue weighted by Gasteiger charge is 2.10. The van der Waals surface area contributed by atoms with Crippen LogP contribution < -0.4 is 5.32 Å². The van der Waals surface area contributed by atoms with Gasteiger partial charge in [-0.25, -0.2) is 9.67 Å². The molecule has 0 radical (unpaired) electrons. The molecule has 0 bridgehead atoms. The zero-order valence-corrected chi connectivity index (χ0v) is 13.0. The van der Waals surface area contributed by atoms with Crippen molar-refractivity contribution < 1.29 is 4.79 Å². The second kappa shape index (κ2) is 6.36. The van der Waals surface area contributed by atoms with E-state index in [2.05, 4.69) is 25.6 Å². The number of hydrogen-bond donors (Lipinski definition) is 1. The summed E-state index contributed by atoms with van der Waals surface area (Å²) >= 11 is 0. The Bertz CT molecular complexity index is 994. The van der Waals surface area contributed by atoms with E-state index in [1.54, 1.807) is 33.6 Å². The fourth-order valence-electron chi connectivity index (χ4n) is 2.36. The van der Waals surface area contributed by atoms with E-state index in [1.807, 2.05) is 36.5 Å². The normalized spacial score (nSPS) is 10.6. The van der Waals surface area contributed by atoms with Crippen molar-refractivity contribution in [2.24, 2.45) is 0 Å². The Morgan fingerprint density at radius 3 is 2.64 bits per heavy atom. The number of hydrogen-bond acceptors (Lipinski definition) is 5. The van der Waals surface area contributed by atoms with Crippen molar-refractivity contribution in [1.82, 2.24) is 29.5 Å². The molecule has 25 heavy (non-hydrogen) atoms. The Kier molecular flexibility index (Phi) is 3.76. The third-order valence-electron chi connectivity index (χ3n) is 3.52. The largest absolute Gasteiger partial charge is 0.321 e. The van der Waals surface area contributed by atoms with Gasteiger partial charge in [0, 0.05) is 18.1 Å². The van der Waals surface area contributed by atoms with Gasteiger partial charge in [-0.3, -0.25) is 9.36 Å². The predicted molar refractivity (Wildman–Crippen MR) is 90.7 cm³/mol. The van der Waals surface area contributed by atoms with Gasteiger partial charge in [-0.2, -0.15) is 5.10 Å². The SMILES string of the molecule is O=C(Nc1cccc(-n2cccn2)c1)c1cccc(-n2cnnc2)n1. The van der Waals surface area contributed by atoms with E-state index < -0.39 is 0 Å². The number of benzene rings is 1. The zero-order valence-electron chi connectivity index (χ0n) is 13.0. The summed E-state index contributed by atoms with van der Waals surface area (Å²) in [6, 6.07) is 14.5. The number of anilines is 1. The van der Waals surface area contributed by atoms with E-state index >= 15 is 0 Å². The molecule has 1 aromatic carbocycles. The molecule has 0 aliphatic heterocycles. The lowest BCUT2D eigenvalue weighted by Crippen LogP contribution is -2.14. The van der Waals surface area contributed by atoms with Crippen molar-refractivity contribution in [2.45, 2.75) is 0 Å². The first kappa shape index (κ1) is 14.8. The second-order valence-corrected chi connectivity index (χ2v) is 5.21. The molecule has 0 aliphatic carbocycles. The summed E-state index contributed by atoms with van der Waals surface area (Å²) in [6.45, 7) is 0. The van der Waals surface area contributed by atoms with Crippen molar-refractivity contribution in [3.8, 4) is 11.5 Å². The van der Waals surface area contributed by atoms with Crippen molar-refractivity contribution >= 4 is 11.6 Å². The number of nitrogens with zero attached hydrogens (tertiary/aromatic N) is 6. The number of rotatable bonds is 4. The van der Waals surface area contributed by atoms with Gasteiger partial charge in [0.15, 0.2) is 0 Å². The molecule has 3 aromatic heterocycles. The molecule has 0 aliphatic rings. The van der Waals surface area contributed by atoms with E-state index in [4.69, 9.17) is 0 Å². The Balaban J connectivity index is 1.57. The molecule has 4 aromatic rings. The molecular formula is C17H13N7O. The van der Waals surface area contributed by atoms with Gasteiger partial charge in [-0.15, -0.1) is 10.2 Å². The minimum Gasteiger partial charge on any atom is -0.321 e. The highest BCUT2D eigenvalue weighted by Crippen LogP contribution is 2.15. The highest BCUT2D eigenvalue weighted by atomic mass is 16.1. The summed E-state index contributed by atoms with van der Waals surface area (Å²) in [4.78, 5) is 16.8. The molecule has 8 nitrogen and oxygen atoms in total. The summed E-state index contributed by atoms with van der Waals surface area (Å²) in [5, 5.41) is 14.5. The highest BCUT2D eigenvalue weighted by molar-refractivity contribution is 6.03. The van der Waals surface area contributed by atoms with Crippen LogP contribution in [0.2, 0.25) is 0 Å². The van der Waals surface area contributed by atoms with Crippen LogP contribution in [0.5, 0.6) is 0 Å². The van der Waals surface area contributed by atoms with Crippen molar-refractivity contribution in [3.63, 3.8) is 0 Å². The second-order valence-electron chi connectivity index (χ2n) is 5.21. The molecule has 3 heterocycles. The van der Waals surface area contributed by atoms with Gasteiger partial charge in [-0.05, 0) is 36.4 Å². The molecule has 122 valence electrons. The Hall–Kier alpha value is -3.81. The smallest absolute Gasteiger partial charge is 0.274 e. The molecule has 1 amide bonds. The van der Waals surface area contributed by atoms with E-state index in [0.29, 0.717) is 17.2 Å². The summed E-state index contributed by atoms with van der Waals surface area (Å²) in [7, 11) is 0. The molecule has 0 atom stereocenters. The summed E-state index contributed by atoms with van der Waals surface area (Å²) < 4.78 is 3.36. The molecule has 1 N–H and O–H groups in total. The molecular weight excluding hydrogens is 318 g/mol. The van der Waals surface area contributed by atoms with Crippen molar-refractivity contribution in [3.05, 3.63) is 79.3 Å². The topological polar surface area (TPSA) is 90.5 Å². The van der Waals surface area contributed by atoms with Crippen LogP contribution in [0.15, 0.2) is 73.6 Å². The third kappa shape index (κ3) is 3.13. The quantitative estimate of drug-likeness (QED) is 0.618. The Morgan fingerprint density at radius 2 is 1.84 bits per heavy atom. The maximum Gasteiger partial charge on any atom is 0.274 e. The first-order valence-corrected chi connectivity index (χ1v) is 7.53. The van der Waals surface area contributed by atoms with Crippen LogP contribution in [-0.4, -0.2) is 35.4 Å². The number of carbonyl (C=O) groups excluding carboxylic acids is 1. The average Bonchev–Trinajstić information content (AvgIpc) is 3.36. The molecule has 0 saturated carbocycles. The van der Waals surface area contributed by atoms with Crippen molar-refractivity contribution in [1.29, 1.82) is 0 Å². The summed E-state index contributed by atoms with van der Waals surface area (Å²) in [5.74, 6) is 0.274. The van der Waals surface area contributed by atoms with Crippen LogP contribution in [0.1, 0.15) is 10.5 Å². The van der Waals surface area contributed by atoms with E-state index in [0.717, 1.165) is 5.69 Å². The van der Waals surface area contributed by atoms with Crippen LogP contribution in [0.3, 0.4) is 0 Å². The van der Waals surface area contributed by atoms with Gasteiger partial charge in [0.1, 0.15) is 24.2 Å². The fraction of sp³-hybridized carbons (Fsp3) is 0. The van der Waals surface area contributed by atoms with Gasteiger partial charge >= 0.3 is 0 Å². The maximum atomic E-state index is 12.5. The molecule has 4 rings (SSSR count). The minimum atomic E-state index is -0.299. The van der Waals surface area contributed by atoms with Gasteiger partial charge in [0.25, 0.3) is 5.91 Å². The van der Waals surface area contributed by atoms with Crippen LogP contribution in [-0.2, 0) is 0 Å². The lowest BCUT2D eigenvalue weighted by Gasteiger charge is -2.08. The average molecular weight is 331 g/mol. The molecule has 8 heteroatoms. The number of nitrogens with one attached hydrogen (secondary N) is 1. The Labute approximate surface area is 142 Å². The predicted octanol–water partition coefficient (Wildman–Crippen LogP) is 2.10. The lowest BCUT2D eigenvalue weighted by atomic mass is 10.2. The number of pyridine rings is 1. The van der Waals surface area contributed by atoms with E-state index in [9.17, 15) is 4.79 Å². The van der Waals surface area contributed by atoms with E-state index in [1.165, 1.54) is 12.7 Å².